The Kier molecular flexibility index (Phi) is 5.67. The van der Waals surface area contributed by atoms with Crippen LogP contribution in [0.2, 0.25) is 0 Å². The van der Waals surface area contributed by atoms with Gasteiger partial charge in [-0.05, 0) is 57.2 Å². The standard InChI is InChI=1S/C17H27N3O3S/c1-17(2,3)20-24(22,23)11-12-5-4-6-14(9-12)16(21)19-10-15(18)13-7-8-13/h4-6,9,13,15,20H,7-8,10-11,18H2,1-3H3,(H,19,21). The molecule has 24 heavy (non-hydrogen) atoms. The Morgan fingerprint density at radius 1 is 1.33 bits per heavy atom. The molecule has 0 saturated heterocycles. The number of carbonyl (C=O) groups excluding carboxylic acids is 1. The van der Waals surface area contributed by atoms with Gasteiger partial charge >= 0.3 is 0 Å². The predicted octanol–water partition coefficient (Wildman–Crippen LogP) is 1.37. The van der Waals surface area contributed by atoms with Crippen LogP contribution in [-0.4, -0.2) is 32.5 Å². The van der Waals surface area contributed by atoms with Gasteiger partial charge in [0, 0.05) is 23.7 Å². The summed E-state index contributed by atoms with van der Waals surface area (Å²) >= 11 is 0. The maximum absolute atomic E-state index is 12.2. The minimum atomic E-state index is -3.47. The summed E-state index contributed by atoms with van der Waals surface area (Å²) in [5.74, 6) is 0.131. The van der Waals surface area contributed by atoms with Crippen molar-refractivity contribution in [1.82, 2.24) is 10.0 Å². The third kappa shape index (κ3) is 6.22. The fourth-order valence-corrected chi connectivity index (χ4v) is 4.15. The second-order valence-corrected chi connectivity index (χ2v) is 9.25. The van der Waals surface area contributed by atoms with E-state index in [1.165, 1.54) is 0 Å². The third-order valence-corrected chi connectivity index (χ3v) is 5.37. The lowest BCUT2D eigenvalue weighted by molar-refractivity contribution is 0.0950. The zero-order chi connectivity index (χ0) is 18.0. The summed E-state index contributed by atoms with van der Waals surface area (Å²) < 4.78 is 26.9. The van der Waals surface area contributed by atoms with Crippen molar-refractivity contribution in [2.75, 3.05) is 6.54 Å². The van der Waals surface area contributed by atoms with E-state index >= 15 is 0 Å². The largest absolute Gasteiger partial charge is 0.350 e. The van der Waals surface area contributed by atoms with Crippen LogP contribution in [-0.2, 0) is 15.8 Å². The highest BCUT2D eigenvalue weighted by Gasteiger charge is 2.28. The number of benzene rings is 1. The van der Waals surface area contributed by atoms with Gasteiger partial charge < -0.3 is 11.1 Å². The molecule has 6 nitrogen and oxygen atoms in total. The first kappa shape index (κ1) is 18.9. The number of hydrogen-bond acceptors (Lipinski definition) is 4. The zero-order valence-electron chi connectivity index (χ0n) is 14.5. The number of amides is 1. The first-order chi connectivity index (χ1) is 11.1. The number of hydrogen-bond donors (Lipinski definition) is 3. The van der Waals surface area contributed by atoms with Crippen LogP contribution in [0.1, 0.15) is 49.5 Å². The van der Waals surface area contributed by atoms with E-state index in [2.05, 4.69) is 10.0 Å². The van der Waals surface area contributed by atoms with Gasteiger partial charge in [0.25, 0.3) is 5.91 Å². The number of rotatable bonds is 7. The molecule has 1 amide bonds. The third-order valence-electron chi connectivity index (χ3n) is 3.73. The highest BCUT2D eigenvalue weighted by Crippen LogP contribution is 2.31. The summed E-state index contributed by atoms with van der Waals surface area (Å²) in [4.78, 5) is 12.2. The van der Waals surface area contributed by atoms with E-state index in [1.54, 1.807) is 45.0 Å². The lowest BCUT2D eigenvalue weighted by Crippen LogP contribution is -2.41. The first-order valence-corrected chi connectivity index (χ1v) is 9.85. The second kappa shape index (κ2) is 7.21. The highest BCUT2D eigenvalue weighted by atomic mass is 32.2. The normalized spacial score (nSPS) is 16.7. The Balaban J connectivity index is 1.98. The molecule has 0 aromatic heterocycles. The molecule has 0 spiro atoms. The summed E-state index contributed by atoms with van der Waals surface area (Å²) in [5.41, 5.74) is 6.46. The van der Waals surface area contributed by atoms with Crippen molar-refractivity contribution < 1.29 is 13.2 Å². The molecule has 7 heteroatoms. The average Bonchev–Trinajstić information content (AvgIpc) is 3.25. The lowest BCUT2D eigenvalue weighted by Gasteiger charge is -2.20. The molecule has 1 aliphatic rings. The molecule has 1 aliphatic carbocycles. The fourth-order valence-electron chi connectivity index (χ4n) is 2.53. The van der Waals surface area contributed by atoms with Gasteiger partial charge in [-0.15, -0.1) is 0 Å². The van der Waals surface area contributed by atoms with Crippen LogP contribution in [0.3, 0.4) is 0 Å². The first-order valence-electron chi connectivity index (χ1n) is 8.20. The van der Waals surface area contributed by atoms with Crippen molar-refractivity contribution in [3.63, 3.8) is 0 Å². The van der Waals surface area contributed by atoms with Gasteiger partial charge in [-0.2, -0.15) is 0 Å². The fraction of sp³-hybridized carbons (Fsp3) is 0.588. The SMILES string of the molecule is CC(C)(C)NS(=O)(=O)Cc1cccc(C(=O)NCC(N)C2CC2)c1. The van der Waals surface area contributed by atoms with Crippen LogP contribution in [0.15, 0.2) is 24.3 Å². The monoisotopic (exact) mass is 353 g/mol. The van der Waals surface area contributed by atoms with Crippen molar-refractivity contribution >= 4 is 15.9 Å². The highest BCUT2D eigenvalue weighted by molar-refractivity contribution is 7.88. The topological polar surface area (TPSA) is 101 Å². The molecule has 1 unspecified atom stereocenters. The molecule has 1 aromatic rings. The molecule has 0 bridgehead atoms. The van der Waals surface area contributed by atoms with Crippen LogP contribution in [0.4, 0.5) is 0 Å². The van der Waals surface area contributed by atoms with Crippen LogP contribution < -0.4 is 15.8 Å². The minimum absolute atomic E-state index is 0.00602. The Bertz CT molecular complexity index is 691. The van der Waals surface area contributed by atoms with Gasteiger partial charge in [0.1, 0.15) is 0 Å². The second-order valence-electron chi connectivity index (χ2n) is 7.52. The van der Waals surface area contributed by atoms with Crippen molar-refractivity contribution in [2.24, 2.45) is 11.7 Å². The van der Waals surface area contributed by atoms with E-state index in [4.69, 9.17) is 5.73 Å². The number of nitrogens with two attached hydrogens (primary N) is 1. The maximum atomic E-state index is 12.2. The molecule has 4 N–H and O–H groups in total. The van der Waals surface area contributed by atoms with Gasteiger partial charge in [0.2, 0.25) is 10.0 Å². The van der Waals surface area contributed by atoms with Gasteiger partial charge in [-0.3, -0.25) is 4.79 Å². The van der Waals surface area contributed by atoms with E-state index in [0.717, 1.165) is 12.8 Å². The van der Waals surface area contributed by atoms with Crippen molar-refractivity contribution in [1.29, 1.82) is 0 Å². The number of sulfonamides is 1. The van der Waals surface area contributed by atoms with Gasteiger partial charge in [-0.25, -0.2) is 13.1 Å². The van der Waals surface area contributed by atoms with E-state index in [0.29, 0.717) is 23.6 Å². The van der Waals surface area contributed by atoms with E-state index in [-0.39, 0.29) is 17.7 Å². The smallest absolute Gasteiger partial charge is 0.251 e. The van der Waals surface area contributed by atoms with E-state index < -0.39 is 15.6 Å². The molecule has 0 radical (unpaired) electrons. The van der Waals surface area contributed by atoms with E-state index in [1.807, 2.05) is 0 Å². The van der Waals surface area contributed by atoms with Crippen molar-refractivity contribution in [3.05, 3.63) is 35.4 Å². The van der Waals surface area contributed by atoms with E-state index in [9.17, 15) is 13.2 Å². The summed E-state index contributed by atoms with van der Waals surface area (Å²) in [7, 11) is -3.47. The Hall–Kier alpha value is -1.44. The van der Waals surface area contributed by atoms with Crippen LogP contribution in [0.25, 0.3) is 0 Å². The van der Waals surface area contributed by atoms with Gasteiger partial charge in [-0.1, -0.05) is 12.1 Å². The number of nitrogens with one attached hydrogen (secondary N) is 2. The van der Waals surface area contributed by atoms with Crippen LogP contribution in [0, 0.1) is 5.92 Å². The molecule has 1 saturated carbocycles. The van der Waals surface area contributed by atoms with Crippen LogP contribution in [0.5, 0.6) is 0 Å². The Morgan fingerprint density at radius 2 is 2.00 bits per heavy atom. The molecule has 2 rings (SSSR count). The summed E-state index contributed by atoms with van der Waals surface area (Å²) in [6, 6.07) is 6.67. The zero-order valence-corrected chi connectivity index (χ0v) is 15.3. The lowest BCUT2D eigenvalue weighted by atomic mass is 10.1. The number of carbonyl (C=O) groups is 1. The quantitative estimate of drug-likeness (QED) is 0.689. The van der Waals surface area contributed by atoms with Crippen LogP contribution >= 0.6 is 0 Å². The Labute approximate surface area is 144 Å². The summed E-state index contributed by atoms with van der Waals surface area (Å²) in [6.07, 6.45) is 2.26. The van der Waals surface area contributed by atoms with Crippen molar-refractivity contribution in [3.8, 4) is 0 Å². The Morgan fingerprint density at radius 3 is 2.58 bits per heavy atom. The van der Waals surface area contributed by atoms with Crippen molar-refractivity contribution in [2.45, 2.75) is 50.9 Å². The van der Waals surface area contributed by atoms with Gasteiger partial charge in [0.05, 0.1) is 5.75 Å². The molecular formula is C17H27N3O3S. The molecular weight excluding hydrogens is 326 g/mol. The molecule has 1 fully saturated rings. The maximum Gasteiger partial charge on any atom is 0.251 e. The van der Waals surface area contributed by atoms with Gasteiger partial charge in [0.15, 0.2) is 0 Å². The predicted molar refractivity (Wildman–Crippen MR) is 95.0 cm³/mol. The molecule has 1 atom stereocenters. The molecule has 0 heterocycles. The average molecular weight is 353 g/mol. The molecule has 134 valence electrons. The molecule has 0 aliphatic heterocycles. The molecule has 1 aromatic carbocycles. The summed E-state index contributed by atoms with van der Waals surface area (Å²) in [6.45, 7) is 5.81. The minimum Gasteiger partial charge on any atom is -0.350 e. The summed E-state index contributed by atoms with van der Waals surface area (Å²) in [5, 5.41) is 2.82.